The summed E-state index contributed by atoms with van der Waals surface area (Å²) in [5.41, 5.74) is 0.265. The summed E-state index contributed by atoms with van der Waals surface area (Å²) < 4.78 is 57.3. The van der Waals surface area contributed by atoms with Gasteiger partial charge in [-0.3, -0.25) is 4.79 Å². The minimum Gasteiger partial charge on any atom is -0.496 e. The largest absolute Gasteiger partial charge is 0.496 e. The number of anilines is 2. The van der Waals surface area contributed by atoms with Crippen LogP contribution in [-0.4, -0.2) is 42.0 Å². The molecule has 9 nitrogen and oxygen atoms in total. The van der Waals surface area contributed by atoms with Gasteiger partial charge in [-0.25, -0.2) is 4.68 Å². The fraction of sp³-hybridized carbons (Fsp3) is 0.261. The lowest BCUT2D eigenvalue weighted by atomic mass is 9.93. The number of nitrogens with zero attached hydrogens (tertiary/aromatic N) is 3. The summed E-state index contributed by atoms with van der Waals surface area (Å²) in [5.74, 6) is 0.931. The number of halogens is 3. The molecule has 0 fully saturated rings. The minimum atomic E-state index is -4.55. The van der Waals surface area contributed by atoms with Crippen molar-refractivity contribution in [3.63, 3.8) is 0 Å². The van der Waals surface area contributed by atoms with Crippen molar-refractivity contribution in [2.75, 3.05) is 32.0 Å². The van der Waals surface area contributed by atoms with Gasteiger partial charge in [-0.2, -0.15) is 23.3 Å². The number of fused-ring (bicyclic) bond motifs is 1. The molecule has 12 heteroatoms. The van der Waals surface area contributed by atoms with Crippen LogP contribution in [-0.2, 0) is 11.0 Å². The SMILES string of the molecule is COc1cc(OC)c([C@H]2C(C(=O)Nc3cccc(C(F)(F)F)c3)=C(C)Nc3ncnn32)cc1OC. The van der Waals surface area contributed by atoms with Gasteiger partial charge in [-0.1, -0.05) is 6.07 Å². The van der Waals surface area contributed by atoms with Crippen LogP contribution >= 0.6 is 0 Å². The smallest absolute Gasteiger partial charge is 0.416 e. The summed E-state index contributed by atoms with van der Waals surface area (Å²) in [5, 5.41) is 9.84. The van der Waals surface area contributed by atoms with E-state index in [9.17, 15) is 18.0 Å². The van der Waals surface area contributed by atoms with E-state index in [1.165, 1.54) is 44.5 Å². The van der Waals surface area contributed by atoms with Crippen LogP contribution in [0.4, 0.5) is 24.8 Å². The number of allylic oxidation sites excluding steroid dienone is 1. The second kappa shape index (κ2) is 9.20. The maximum absolute atomic E-state index is 13.5. The summed E-state index contributed by atoms with van der Waals surface area (Å²) >= 11 is 0. The van der Waals surface area contributed by atoms with E-state index < -0.39 is 23.7 Å². The van der Waals surface area contributed by atoms with Gasteiger partial charge in [0.2, 0.25) is 5.95 Å². The van der Waals surface area contributed by atoms with Crippen LogP contribution in [0.5, 0.6) is 17.2 Å². The van der Waals surface area contributed by atoms with Gasteiger partial charge in [0.25, 0.3) is 5.91 Å². The first-order chi connectivity index (χ1) is 16.7. The number of aromatic nitrogens is 3. The van der Waals surface area contributed by atoms with Crippen LogP contribution in [0.2, 0.25) is 0 Å². The molecule has 0 unspecified atom stereocenters. The number of hydrogen-bond donors (Lipinski definition) is 2. The molecule has 0 spiro atoms. The highest BCUT2D eigenvalue weighted by atomic mass is 19.4. The van der Waals surface area contributed by atoms with Gasteiger partial charge in [-0.05, 0) is 31.2 Å². The molecule has 2 aromatic carbocycles. The first-order valence-electron chi connectivity index (χ1n) is 10.3. The lowest BCUT2D eigenvalue weighted by molar-refractivity contribution is -0.137. The second-order valence-electron chi connectivity index (χ2n) is 7.58. The Morgan fingerprint density at radius 3 is 2.40 bits per heavy atom. The molecule has 1 aliphatic heterocycles. The van der Waals surface area contributed by atoms with E-state index in [1.807, 2.05) is 0 Å². The number of alkyl halides is 3. The second-order valence-corrected chi connectivity index (χ2v) is 7.58. The number of ether oxygens (including phenoxy) is 3. The number of methoxy groups -OCH3 is 3. The molecule has 0 bridgehead atoms. The highest BCUT2D eigenvalue weighted by Crippen LogP contribution is 2.44. The lowest BCUT2D eigenvalue weighted by Gasteiger charge is -2.30. The minimum absolute atomic E-state index is 0.00691. The lowest BCUT2D eigenvalue weighted by Crippen LogP contribution is -2.31. The van der Waals surface area contributed by atoms with Crippen LogP contribution < -0.4 is 24.8 Å². The zero-order chi connectivity index (χ0) is 25.3. The average molecular weight is 489 g/mol. The van der Waals surface area contributed by atoms with Crippen molar-refractivity contribution >= 4 is 17.5 Å². The summed E-state index contributed by atoms with van der Waals surface area (Å²) in [4.78, 5) is 17.7. The zero-order valence-corrected chi connectivity index (χ0v) is 19.2. The third-order valence-electron chi connectivity index (χ3n) is 5.52. The number of carbonyl (C=O) groups is 1. The molecule has 4 rings (SSSR count). The third kappa shape index (κ3) is 4.46. The molecule has 1 amide bonds. The van der Waals surface area contributed by atoms with Crippen molar-refractivity contribution in [2.24, 2.45) is 0 Å². The Hall–Kier alpha value is -4.22. The predicted octanol–water partition coefficient (Wildman–Crippen LogP) is 4.25. The van der Waals surface area contributed by atoms with Gasteiger partial charge in [0.05, 0.1) is 32.5 Å². The van der Waals surface area contributed by atoms with Gasteiger partial charge >= 0.3 is 6.18 Å². The molecular weight excluding hydrogens is 467 g/mol. The van der Waals surface area contributed by atoms with E-state index in [4.69, 9.17) is 14.2 Å². The molecule has 1 atom stereocenters. The molecule has 184 valence electrons. The quantitative estimate of drug-likeness (QED) is 0.534. The van der Waals surface area contributed by atoms with E-state index in [-0.39, 0.29) is 11.3 Å². The molecule has 2 N–H and O–H groups in total. The van der Waals surface area contributed by atoms with Crippen LogP contribution in [0.1, 0.15) is 24.1 Å². The van der Waals surface area contributed by atoms with Crippen LogP contribution in [0.3, 0.4) is 0 Å². The summed E-state index contributed by atoms with van der Waals surface area (Å²) in [6.45, 7) is 1.67. The first kappa shape index (κ1) is 23.9. The van der Waals surface area contributed by atoms with Crippen LogP contribution in [0.25, 0.3) is 0 Å². The number of benzene rings is 2. The maximum atomic E-state index is 13.5. The molecule has 1 aliphatic rings. The average Bonchev–Trinajstić information content (AvgIpc) is 3.29. The molecule has 2 heterocycles. The maximum Gasteiger partial charge on any atom is 0.416 e. The van der Waals surface area contributed by atoms with Crippen molar-refractivity contribution in [2.45, 2.75) is 19.1 Å². The Labute approximate surface area is 198 Å². The van der Waals surface area contributed by atoms with Gasteiger partial charge < -0.3 is 24.8 Å². The van der Waals surface area contributed by atoms with Crippen molar-refractivity contribution in [1.82, 2.24) is 14.8 Å². The molecule has 0 saturated heterocycles. The Balaban J connectivity index is 1.82. The van der Waals surface area contributed by atoms with Crippen LogP contribution in [0.15, 0.2) is 54.0 Å². The van der Waals surface area contributed by atoms with Gasteiger partial charge in [0, 0.05) is 23.0 Å². The predicted molar refractivity (Wildman–Crippen MR) is 121 cm³/mol. The highest BCUT2D eigenvalue weighted by Gasteiger charge is 2.36. The fourth-order valence-electron chi connectivity index (χ4n) is 3.91. The van der Waals surface area contributed by atoms with Crippen molar-refractivity contribution < 1.29 is 32.2 Å². The molecule has 0 saturated carbocycles. The molecular formula is C23H22F3N5O4. The van der Waals surface area contributed by atoms with Gasteiger partial charge in [-0.15, -0.1) is 0 Å². The topological polar surface area (TPSA) is 99.5 Å². The summed E-state index contributed by atoms with van der Waals surface area (Å²) in [7, 11) is 4.42. The molecule has 1 aromatic heterocycles. The van der Waals surface area contributed by atoms with Crippen LogP contribution in [0, 0.1) is 0 Å². The van der Waals surface area contributed by atoms with E-state index in [1.54, 1.807) is 19.1 Å². The monoisotopic (exact) mass is 489 g/mol. The zero-order valence-electron chi connectivity index (χ0n) is 19.2. The van der Waals surface area contributed by atoms with E-state index in [0.717, 1.165) is 12.1 Å². The van der Waals surface area contributed by atoms with Crippen molar-refractivity contribution in [3.05, 3.63) is 65.1 Å². The number of amides is 1. The number of nitrogens with one attached hydrogen (secondary N) is 2. The number of carbonyl (C=O) groups excluding carboxylic acids is 1. The van der Waals surface area contributed by atoms with Gasteiger partial charge in [0.15, 0.2) is 11.5 Å². The Morgan fingerprint density at radius 2 is 1.74 bits per heavy atom. The summed E-state index contributed by atoms with van der Waals surface area (Å²) in [6, 6.07) is 6.84. The normalized spacial score (nSPS) is 15.2. The number of hydrogen-bond acceptors (Lipinski definition) is 7. The van der Waals surface area contributed by atoms with E-state index in [2.05, 4.69) is 20.7 Å². The summed E-state index contributed by atoms with van der Waals surface area (Å²) in [6.07, 6.45) is -3.23. The van der Waals surface area contributed by atoms with Crippen molar-refractivity contribution in [3.8, 4) is 17.2 Å². The molecule has 3 aromatic rings. The third-order valence-corrected chi connectivity index (χ3v) is 5.52. The molecule has 0 aliphatic carbocycles. The fourth-order valence-corrected chi connectivity index (χ4v) is 3.91. The molecule has 0 radical (unpaired) electrons. The number of rotatable bonds is 6. The Kier molecular flexibility index (Phi) is 6.29. The highest BCUT2D eigenvalue weighted by molar-refractivity contribution is 6.06. The molecule has 35 heavy (non-hydrogen) atoms. The Bertz CT molecular complexity index is 1300. The Morgan fingerprint density at radius 1 is 1.06 bits per heavy atom. The standard InChI is InChI=1S/C23H22F3N5O4/c1-12-19(21(32)30-14-7-5-6-13(8-14)23(24,25)26)20(31-22(29-12)27-11-28-31)15-9-17(34-3)18(35-4)10-16(15)33-2/h5-11,20H,1-4H3,(H,30,32)(H,27,28,29)/t20-/m0/s1. The van der Waals surface area contributed by atoms with E-state index in [0.29, 0.717) is 34.5 Å². The van der Waals surface area contributed by atoms with E-state index >= 15 is 0 Å². The van der Waals surface area contributed by atoms with Gasteiger partial charge in [0.1, 0.15) is 18.1 Å². The first-order valence-corrected chi connectivity index (χ1v) is 10.3. The van der Waals surface area contributed by atoms with Crippen molar-refractivity contribution in [1.29, 1.82) is 0 Å².